The smallest absolute Gasteiger partial charge is 0.303 e. The Morgan fingerprint density at radius 3 is 1.85 bits per heavy atom. The van der Waals surface area contributed by atoms with E-state index in [1.165, 1.54) is 103 Å². The van der Waals surface area contributed by atoms with Gasteiger partial charge in [0, 0.05) is 32.1 Å². The number of likely N-dealkylation sites (N-methyl/N-ethyl adjacent to an activating group) is 2. The van der Waals surface area contributed by atoms with Crippen LogP contribution in [0.2, 0.25) is 0 Å². The van der Waals surface area contributed by atoms with Crippen molar-refractivity contribution in [2.75, 3.05) is 40.3 Å². The van der Waals surface area contributed by atoms with Gasteiger partial charge in [-0.3, -0.25) is 9.59 Å². The second kappa shape index (κ2) is 10.8. The van der Waals surface area contributed by atoms with E-state index < -0.39 is 0 Å². The highest BCUT2D eigenvalue weighted by molar-refractivity contribution is 5.66. The van der Waals surface area contributed by atoms with Crippen molar-refractivity contribution in [2.45, 2.75) is 135 Å². The fraction of sp³-hybridized carbons (Fsp3) is 0.943. The number of likely N-dealkylation sites (tertiary alicyclic amines) is 2. The summed E-state index contributed by atoms with van der Waals surface area (Å²) in [5.74, 6) is 2.52. The van der Waals surface area contributed by atoms with Crippen LogP contribution in [0.15, 0.2) is 0 Å². The van der Waals surface area contributed by atoms with Crippen molar-refractivity contribution in [1.29, 1.82) is 0 Å². The number of esters is 2. The predicted molar refractivity (Wildman–Crippen MR) is 161 cm³/mol. The molecule has 0 radical (unpaired) electrons. The van der Waals surface area contributed by atoms with Gasteiger partial charge in [0.2, 0.25) is 0 Å². The number of rotatable bonds is 4. The van der Waals surface area contributed by atoms with Gasteiger partial charge in [0.05, 0.1) is 40.3 Å². The Morgan fingerprint density at radius 1 is 0.683 bits per heavy atom. The van der Waals surface area contributed by atoms with Crippen molar-refractivity contribution in [2.24, 2.45) is 34.5 Å². The van der Waals surface area contributed by atoms with Crippen LogP contribution in [0, 0.1) is 34.5 Å². The van der Waals surface area contributed by atoms with Gasteiger partial charge in [0.1, 0.15) is 12.1 Å². The Labute approximate surface area is 250 Å². The molecule has 10 atom stereocenters. The molecule has 4 aliphatic carbocycles. The van der Waals surface area contributed by atoms with Gasteiger partial charge in [-0.05, 0) is 99.7 Å². The average Bonchev–Trinajstić information content (AvgIpc) is 3.21. The van der Waals surface area contributed by atoms with Crippen molar-refractivity contribution in [1.82, 2.24) is 0 Å². The number of ether oxygens (including phenoxy) is 2. The van der Waals surface area contributed by atoms with E-state index in [2.05, 4.69) is 27.9 Å². The fourth-order valence-electron chi connectivity index (χ4n) is 12.3. The van der Waals surface area contributed by atoms with E-state index in [-0.39, 0.29) is 29.6 Å². The summed E-state index contributed by atoms with van der Waals surface area (Å²) in [6.07, 6.45) is 16.4. The number of hydrogen-bond donors (Lipinski definition) is 0. The lowest BCUT2D eigenvalue weighted by Crippen LogP contribution is -2.66. The zero-order valence-electron chi connectivity index (χ0n) is 27.2. The highest BCUT2D eigenvalue weighted by atomic mass is 16.5. The van der Waals surface area contributed by atoms with E-state index in [1.807, 2.05) is 0 Å². The number of piperidine rings is 2. The molecule has 0 bridgehead atoms. The van der Waals surface area contributed by atoms with Crippen LogP contribution in [0.4, 0.5) is 0 Å². The van der Waals surface area contributed by atoms with E-state index in [1.54, 1.807) is 13.8 Å². The van der Waals surface area contributed by atoms with Crippen LogP contribution in [0.3, 0.4) is 0 Å². The molecule has 4 saturated carbocycles. The lowest BCUT2D eigenvalue weighted by Gasteiger charge is -2.63. The molecule has 6 fully saturated rings. The number of fused-ring (bicyclic) bond motifs is 5. The lowest BCUT2D eigenvalue weighted by atomic mass is 9.44. The van der Waals surface area contributed by atoms with E-state index in [0.29, 0.717) is 35.3 Å². The van der Waals surface area contributed by atoms with Gasteiger partial charge < -0.3 is 18.4 Å². The van der Waals surface area contributed by atoms with Gasteiger partial charge in [-0.1, -0.05) is 13.8 Å². The molecule has 6 heteroatoms. The Morgan fingerprint density at radius 2 is 1.27 bits per heavy atom. The Kier molecular flexibility index (Phi) is 7.87. The zero-order valence-corrected chi connectivity index (χ0v) is 27.2. The first kappa shape index (κ1) is 29.9. The molecular weight excluding hydrogens is 512 g/mol. The molecule has 0 N–H and O–H groups in total. The summed E-state index contributed by atoms with van der Waals surface area (Å²) in [7, 11) is 4.94. The van der Waals surface area contributed by atoms with Crippen LogP contribution in [-0.4, -0.2) is 85.5 Å². The van der Waals surface area contributed by atoms with Gasteiger partial charge in [-0.15, -0.1) is 0 Å². The highest BCUT2D eigenvalue weighted by Crippen LogP contribution is 2.68. The second-order valence-electron chi connectivity index (χ2n) is 16.7. The van der Waals surface area contributed by atoms with Crippen molar-refractivity contribution >= 4 is 11.9 Å². The molecular formula is C35H60N2O4+2. The van der Waals surface area contributed by atoms with Gasteiger partial charge in [0.25, 0.3) is 0 Å². The summed E-state index contributed by atoms with van der Waals surface area (Å²) in [6, 6.07) is 0.846. The van der Waals surface area contributed by atoms with E-state index in [0.717, 1.165) is 21.3 Å². The Hall–Kier alpha value is -1.14. The number of quaternary nitrogens is 2. The number of carbonyl (C=O) groups is 2. The largest absolute Gasteiger partial charge is 0.456 e. The van der Waals surface area contributed by atoms with Crippen molar-refractivity contribution in [3.05, 3.63) is 0 Å². The van der Waals surface area contributed by atoms with Crippen molar-refractivity contribution < 1.29 is 28.0 Å². The summed E-state index contributed by atoms with van der Waals surface area (Å²) in [6.45, 7) is 13.3. The maximum Gasteiger partial charge on any atom is 0.303 e. The third-order valence-corrected chi connectivity index (χ3v) is 14.5. The molecule has 232 valence electrons. The first-order valence-electron chi connectivity index (χ1n) is 17.4. The van der Waals surface area contributed by atoms with Crippen molar-refractivity contribution in [3.8, 4) is 0 Å². The Balaban J connectivity index is 1.31. The average molecular weight is 573 g/mol. The zero-order chi connectivity index (χ0) is 29.2. The minimum absolute atomic E-state index is 0.0462. The molecule has 6 aliphatic rings. The molecule has 2 aliphatic heterocycles. The molecule has 0 unspecified atom stereocenters. The van der Waals surface area contributed by atoms with E-state index in [9.17, 15) is 9.59 Å². The number of hydrogen-bond acceptors (Lipinski definition) is 4. The summed E-state index contributed by atoms with van der Waals surface area (Å²) >= 11 is 0. The normalized spacial score (nSPS) is 46.9. The third-order valence-electron chi connectivity index (χ3n) is 14.5. The molecule has 0 amide bonds. The van der Waals surface area contributed by atoms with Crippen molar-refractivity contribution in [3.63, 3.8) is 0 Å². The summed E-state index contributed by atoms with van der Waals surface area (Å²) in [5, 5.41) is 0. The summed E-state index contributed by atoms with van der Waals surface area (Å²) < 4.78 is 14.7. The van der Waals surface area contributed by atoms with Gasteiger partial charge >= 0.3 is 11.9 Å². The quantitative estimate of drug-likeness (QED) is 0.301. The molecule has 0 aromatic carbocycles. The van der Waals surface area contributed by atoms with Crippen LogP contribution in [0.5, 0.6) is 0 Å². The molecule has 0 spiro atoms. The maximum atomic E-state index is 12.5. The minimum Gasteiger partial charge on any atom is -0.456 e. The summed E-state index contributed by atoms with van der Waals surface area (Å²) in [5.41, 5.74) is 0.377. The van der Waals surface area contributed by atoms with Crippen LogP contribution in [-0.2, 0) is 19.1 Å². The first-order valence-corrected chi connectivity index (χ1v) is 17.4. The standard InChI is InChI=1S/C35H60N2O4/c1-24(38)40-32-21-26-13-14-27-28(35(26,4)23-31(32)37(6)19-11-8-12-20-37)15-16-34(3)29(27)22-30(33(34)41-25(2)39)36(5)17-9-7-10-18-36/h26-33H,7-23H2,1-6H3/q+2/t26-,27+,28-,29-,30+,31-,32-,33-,34-,35-/m0/s1. The minimum atomic E-state index is -0.0998. The number of carbonyl (C=O) groups excluding carboxylic acids is 2. The molecule has 0 aromatic heterocycles. The van der Waals surface area contributed by atoms with Crippen LogP contribution in [0.25, 0.3) is 0 Å². The molecule has 6 rings (SSSR count). The van der Waals surface area contributed by atoms with E-state index >= 15 is 0 Å². The fourth-order valence-corrected chi connectivity index (χ4v) is 12.3. The van der Waals surface area contributed by atoms with E-state index in [4.69, 9.17) is 9.47 Å². The Bertz CT molecular complexity index is 1000. The molecule has 2 saturated heterocycles. The van der Waals surface area contributed by atoms with Crippen LogP contribution >= 0.6 is 0 Å². The molecule has 6 nitrogen and oxygen atoms in total. The molecule has 2 heterocycles. The second-order valence-corrected chi connectivity index (χ2v) is 16.7. The number of nitrogens with zero attached hydrogens (tertiary/aromatic N) is 2. The van der Waals surface area contributed by atoms with Gasteiger partial charge in [-0.2, -0.15) is 0 Å². The topological polar surface area (TPSA) is 52.6 Å². The maximum absolute atomic E-state index is 12.5. The SMILES string of the molecule is CC(=O)O[C@H]1C[C@@H]2CC[C@@H]3[C@H](CC[C@@]4(C)[C@H]3C[C@@H]([N+]3(C)CCCCC3)[C@@H]4OC(C)=O)[C@@]2(C)C[C@@H]1[N+]1(C)CCCCC1. The van der Waals surface area contributed by atoms with Crippen LogP contribution < -0.4 is 0 Å². The van der Waals surface area contributed by atoms with Crippen LogP contribution in [0.1, 0.15) is 111 Å². The lowest BCUT2D eigenvalue weighted by molar-refractivity contribution is -0.943. The predicted octanol–water partition coefficient (Wildman–Crippen LogP) is 6.11. The molecule has 41 heavy (non-hydrogen) atoms. The van der Waals surface area contributed by atoms with Gasteiger partial charge in [-0.25, -0.2) is 0 Å². The third kappa shape index (κ3) is 4.99. The highest BCUT2D eigenvalue weighted by Gasteiger charge is 2.68. The first-order chi connectivity index (χ1) is 19.4. The monoisotopic (exact) mass is 572 g/mol. The molecule has 0 aromatic rings. The summed E-state index contributed by atoms with van der Waals surface area (Å²) in [4.78, 5) is 24.8. The van der Waals surface area contributed by atoms with Gasteiger partial charge in [0.15, 0.2) is 12.2 Å².